The maximum atomic E-state index is 12.6. The minimum absolute atomic E-state index is 0.153. The Kier molecular flexibility index (Phi) is 5.13. The van der Waals surface area contributed by atoms with Crippen LogP contribution in [0.5, 0.6) is 0 Å². The van der Waals surface area contributed by atoms with Gasteiger partial charge in [-0.15, -0.1) is 16.8 Å². The summed E-state index contributed by atoms with van der Waals surface area (Å²) < 4.78 is 0.804. The van der Waals surface area contributed by atoms with Crippen LogP contribution < -0.4 is 5.32 Å². The number of carbonyl (C=O) groups excluding carboxylic acids is 1. The van der Waals surface area contributed by atoms with E-state index in [9.17, 15) is 4.79 Å². The lowest BCUT2D eigenvalue weighted by molar-refractivity contribution is 0.0994. The van der Waals surface area contributed by atoms with E-state index in [2.05, 4.69) is 34.2 Å². The quantitative estimate of drug-likeness (QED) is 0.467. The average Bonchev–Trinajstić information content (AvgIpc) is 3.20. The first-order valence-corrected chi connectivity index (χ1v) is 9.38. The van der Waals surface area contributed by atoms with Gasteiger partial charge in [0.2, 0.25) is 5.13 Å². The Morgan fingerprint density at radius 2 is 2.26 bits per heavy atom. The van der Waals surface area contributed by atoms with Crippen LogP contribution in [0.3, 0.4) is 0 Å². The number of aromatic nitrogens is 2. The van der Waals surface area contributed by atoms with Gasteiger partial charge in [0.15, 0.2) is 10.1 Å². The highest BCUT2D eigenvalue weighted by atomic mass is 32.2. The fourth-order valence-corrected chi connectivity index (χ4v) is 4.63. The lowest BCUT2D eigenvalue weighted by atomic mass is 10.0. The van der Waals surface area contributed by atoms with Gasteiger partial charge in [-0.3, -0.25) is 4.79 Å². The van der Waals surface area contributed by atoms with Crippen LogP contribution in [-0.4, -0.2) is 27.8 Å². The summed E-state index contributed by atoms with van der Waals surface area (Å²) in [6.07, 6.45) is 5.20. The fourth-order valence-electron chi connectivity index (χ4n) is 2.65. The number of thioether (sulfide) groups is 1. The normalized spacial score (nSPS) is 14.3. The predicted molar refractivity (Wildman–Crippen MR) is 96.7 cm³/mol. The van der Waals surface area contributed by atoms with Gasteiger partial charge in [0.1, 0.15) is 0 Å². The second-order valence-electron chi connectivity index (χ2n) is 5.50. The molecule has 1 aromatic heterocycles. The van der Waals surface area contributed by atoms with Gasteiger partial charge >= 0.3 is 0 Å². The second kappa shape index (κ2) is 7.27. The second-order valence-corrected chi connectivity index (χ2v) is 8.07. The third kappa shape index (κ3) is 3.82. The number of fused-ring (bicyclic) bond motifs is 1. The number of hydrogen-bond donors (Lipinski definition) is 1. The van der Waals surface area contributed by atoms with Crippen molar-refractivity contribution in [2.75, 3.05) is 11.9 Å². The topological polar surface area (TPSA) is 54.9 Å². The van der Waals surface area contributed by atoms with E-state index in [1.165, 1.54) is 40.6 Å². The molecular formula is C17H19N3OS2. The van der Waals surface area contributed by atoms with Crippen molar-refractivity contribution in [3.05, 3.63) is 47.5 Å². The molecule has 1 heterocycles. The first-order valence-electron chi connectivity index (χ1n) is 7.68. The highest BCUT2D eigenvalue weighted by Crippen LogP contribution is 2.31. The lowest BCUT2D eigenvalue weighted by Crippen LogP contribution is -2.13. The summed E-state index contributed by atoms with van der Waals surface area (Å²) in [7, 11) is 0. The van der Waals surface area contributed by atoms with E-state index in [1.54, 1.807) is 6.08 Å². The number of hydrogen-bond acceptors (Lipinski definition) is 6. The first-order chi connectivity index (χ1) is 11.2. The molecule has 0 saturated heterocycles. The van der Waals surface area contributed by atoms with Crippen molar-refractivity contribution in [2.45, 2.75) is 35.8 Å². The van der Waals surface area contributed by atoms with Gasteiger partial charge in [0.05, 0.1) is 5.25 Å². The Balaban J connectivity index is 1.65. The molecule has 1 N–H and O–H groups in total. The molecule has 0 radical (unpaired) electrons. The largest absolute Gasteiger partial charge is 0.357 e. The fraction of sp³-hybridized carbons (Fsp3) is 0.353. The van der Waals surface area contributed by atoms with E-state index in [-0.39, 0.29) is 11.0 Å². The predicted octanol–water partition coefficient (Wildman–Crippen LogP) is 3.99. The molecule has 3 rings (SSSR count). The number of rotatable bonds is 7. The Bertz CT molecular complexity index is 726. The SMILES string of the molecule is C=CCNc1nnc(SC(C)C(=O)c2ccc3c(c2)CCC3)s1. The van der Waals surface area contributed by atoms with Crippen molar-refractivity contribution in [1.29, 1.82) is 0 Å². The summed E-state index contributed by atoms with van der Waals surface area (Å²) in [6.45, 7) is 6.24. The van der Waals surface area contributed by atoms with Crippen molar-refractivity contribution in [3.8, 4) is 0 Å². The number of Topliss-reactive ketones (excluding diaryl/α,β-unsaturated/α-hetero) is 1. The van der Waals surface area contributed by atoms with Crippen molar-refractivity contribution >= 4 is 34.0 Å². The number of nitrogens with one attached hydrogen (secondary N) is 1. The summed E-state index contributed by atoms with van der Waals surface area (Å²) in [6, 6.07) is 6.13. The van der Waals surface area contributed by atoms with E-state index in [0.717, 1.165) is 27.9 Å². The average molecular weight is 345 g/mol. The zero-order valence-electron chi connectivity index (χ0n) is 13.0. The Labute approximate surface area is 144 Å². The molecule has 6 heteroatoms. The van der Waals surface area contributed by atoms with E-state index in [0.29, 0.717) is 6.54 Å². The van der Waals surface area contributed by atoms with E-state index >= 15 is 0 Å². The number of carbonyl (C=O) groups is 1. The molecule has 1 atom stereocenters. The minimum Gasteiger partial charge on any atom is -0.357 e. The molecule has 2 aromatic rings. The zero-order chi connectivity index (χ0) is 16.2. The number of nitrogens with zero attached hydrogens (tertiary/aromatic N) is 2. The maximum Gasteiger partial charge on any atom is 0.206 e. The van der Waals surface area contributed by atoms with Crippen LogP contribution in [-0.2, 0) is 12.8 Å². The number of aryl methyl sites for hydroxylation is 2. The molecule has 1 aromatic carbocycles. The third-order valence-corrected chi connectivity index (χ3v) is 5.90. The van der Waals surface area contributed by atoms with Gasteiger partial charge in [0, 0.05) is 12.1 Å². The molecule has 0 amide bonds. The van der Waals surface area contributed by atoms with Gasteiger partial charge in [-0.05, 0) is 43.4 Å². The van der Waals surface area contributed by atoms with E-state index in [4.69, 9.17) is 0 Å². The smallest absolute Gasteiger partial charge is 0.206 e. The van der Waals surface area contributed by atoms with Gasteiger partial charge in [-0.2, -0.15) is 0 Å². The third-order valence-electron chi connectivity index (χ3n) is 3.83. The molecule has 4 nitrogen and oxygen atoms in total. The first kappa shape index (κ1) is 16.2. The van der Waals surface area contributed by atoms with Crippen LogP contribution in [0.15, 0.2) is 35.2 Å². The molecule has 1 aliphatic rings. The highest BCUT2D eigenvalue weighted by Gasteiger charge is 2.20. The van der Waals surface area contributed by atoms with Crippen molar-refractivity contribution in [3.63, 3.8) is 0 Å². The maximum absolute atomic E-state index is 12.6. The minimum atomic E-state index is -0.172. The molecule has 23 heavy (non-hydrogen) atoms. The van der Waals surface area contributed by atoms with Crippen LogP contribution in [0.4, 0.5) is 5.13 Å². The van der Waals surface area contributed by atoms with E-state index < -0.39 is 0 Å². The van der Waals surface area contributed by atoms with Crippen LogP contribution in [0.2, 0.25) is 0 Å². The zero-order valence-corrected chi connectivity index (χ0v) is 14.7. The van der Waals surface area contributed by atoms with Gasteiger partial charge in [-0.1, -0.05) is 41.3 Å². The number of ketones is 1. The molecule has 0 spiro atoms. The van der Waals surface area contributed by atoms with Crippen LogP contribution in [0.1, 0.15) is 34.8 Å². The summed E-state index contributed by atoms with van der Waals surface area (Å²) >= 11 is 2.93. The molecule has 0 fully saturated rings. The van der Waals surface area contributed by atoms with E-state index in [1.807, 2.05) is 13.0 Å². The molecule has 1 aliphatic carbocycles. The Morgan fingerprint density at radius 1 is 1.43 bits per heavy atom. The summed E-state index contributed by atoms with van der Waals surface area (Å²) in [4.78, 5) is 12.6. The molecule has 0 bridgehead atoms. The summed E-state index contributed by atoms with van der Waals surface area (Å²) in [5, 5.41) is 11.9. The molecule has 1 unspecified atom stereocenters. The molecule has 120 valence electrons. The molecule has 0 aliphatic heterocycles. The van der Waals surface area contributed by atoms with Crippen molar-refractivity contribution in [2.24, 2.45) is 0 Å². The van der Waals surface area contributed by atoms with Crippen LogP contribution in [0, 0.1) is 0 Å². The van der Waals surface area contributed by atoms with Crippen LogP contribution >= 0.6 is 23.1 Å². The lowest BCUT2D eigenvalue weighted by Gasteiger charge is -2.09. The Morgan fingerprint density at radius 3 is 3.09 bits per heavy atom. The van der Waals surface area contributed by atoms with Crippen molar-refractivity contribution in [1.82, 2.24) is 10.2 Å². The number of anilines is 1. The summed E-state index contributed by atoms with van der Waals surface area (Å²) in [5.74, 6) is 0.153. The van der Waals surface area contributed by atoms with Crippen LogP contribution in [0.25, 0.3) is 0 Å². The standard InChI is InChI=1S/C17H19N3OS2/c1-3-9-18-16-19-20-17(23-16)22-11(2)15(21)14-8-7-12-5-4-6-13(12)10-14/h3,7-8,10-11H,1,4-6,9H2,2H3,(H,18,19). The Hall–Kier alpha value is -1.66. The van der Waals surface area contributed by atoms with Gasteiger partial charge in [0.25, 0.3) is 0 Å². The summed E-state index contributed by atoms with van der Waals surface area (Å²) in [5.41, 5.74) is 3.53. The monoisotopic (exact) mass is 345 g/mol. The van der Waals surface area contributed by atoms with Crippen molar-refractivity contribution < 1.29 is 4.79 Å². The van der Waals surface area contributed by atoms with Gasteiger partial charge < -0.3 is 5.32 Å². The number of benzene rings is 1. The van der Waals surface area contributed by atoms with Gasteiger partial charge in [-0.25, -0.2) is 0 Å². The molecule has 0 saturated carbocycles. The molecular weight excluding hydrogens is 326 g/mol. The highest BCUT2D eigenvalue weighted by molar-refractivity contribution is 8.02.